The van der Waals surface area contributed by atoms with E-state index in [4.69, 9.17) is 19.5 Å². The molecule has 10 nitrogen and oxygen atoms in total. The number of nitrogens with one attached hydrogen (secondary N) is 2. The number of fused-ring (bicyclic) bond motifs is 1. The summed E-state index contributed by atoms with van der Waals surface area (Å²) in [6, 6.07) is 0.675. The number of thioether (sulfide) groups is 1. The summed E-state index contributed by atoms with van der Waals surface area (Å²) in [5, 5.41) is 6.31. The maximum absolute atomic E-state index is 11.7. The average Bonchev–Trinajstić information content (AvgIpc) is 3.43. The first-order valence-electron chi connectivity index (χ1n) is 13.9. The quantitative estimate of drug-likeness (QED) is 0.457. The zero-order chi connectivity index (χ0) is 25.5. The molecule has 3 fully saturated rings. The van der Waals surface area contributed by atoms with Gasteiger partial charge in [0.05, 0.1) is 0 Å². The predicted octanol–water partition coefficient (Wildman–Crippen LogP) is 4.54. The number of hydrogen-bond donors (Lipinski definition) is 2. The summed E-state index contributed by atoms with van der Waals surface area (Å²) < 4.78 is 7.23. The highest BCUT2D eigenvalue weighted by molar-refractivity contribution is 7.99. The summed E-state index contributed by atoms with van der Waals surface area (Å²) in [6.45, 7) is 8.78. The molecule has 0 radical (unpaired) electrons. The minimum Gasteiger partial charge on any atom is -0.365 e. The van der Waals surface area contributed by atoms with Gasteiger partial charge in [-0.15, -0.1) is 4.98 Å². The standard InChI is InChI=1S/C26H38N8O2S/c1-15-7-9-18(10-8-15)13-34-20-21(27-17(3)19-5-4-6-19)28-23(24-31-26(35)36-32-24)29-22(20)30-25(34)33-11-12-37-14-16(33)2/h15-19H,4-14H2,1-3H3,(H,27,28,29)(H,31,32,35)/t15-,16?,17-,18-/m1/s1. The van der Waals surface area contributed by atoms with Gasteiger partial charge in [0.15, 0.2) is 11.5 Å². The summed E-state index contributed by atoms with van der Waals surface area (Å²) >= 11 is 2.00. The van der Waals surface area contributed by atoms with Gasteiger partial charge in [-0.3, -0.25) is 0 Å². The van der Waals surface area contributed by atoms with Crippen molar-refractivity contribution in [3.05, 3.63) is 10.6 Å². The first-order chi connectivity index (χ1) is 18.0. The maximum Gasteiger partial charge on any atom is 0.460 e. The van der Waals surface area contributed by atoms with Gasteiger partial charge in [-0.05, 0) is 57.3 Å². The smallest absolute Gasteiger partial charge is 0.365 e. The lowest BCUT2D eigenvalue weighted by molar-refractivity contribution is 0.266. The predicted molar refractivity (Wildman–Crippen MR) is 147 cm³/mol. The minimum absolute atomic E-state index is 0.228. The third-order valence-electron chi connectivity index (χ3n) is 8.65. The van der Waals surface area contributed by atoms with Crippen LogP contribution in [0.4, 0.5) is 11.8 Å². The van der Waals surface area contributed by atoms with Crippen LogP contribution in [0.1, 0.15) is 65.7 Å². The van der Waals surface area contributed by atoms with Gasteiger partial charge in [-0.25, -0.2) is 14.8 Å². The average molecular weight is 527 g/mol. The van der Waals surface area contributed by atoms with E-state index < -0.39 is 5.76 Å². The molecule has 1 unspecified atom stereocenters. The monoisotopic (exact) mass is 526 g/mol. The highest BCUT2D eigenvalue weighted by Crippen LogP contribution is 2.37. The van der Waals surface area contributed by atoms with Crippen LogP contribution < -0.4 is 16.0 Å². The van der Waals surface area contributed by atoms with Crippen LogP contribution in [0, 0.1) is 17.8 Å². The molecule has 1 aliphatic heterocycles. The molecule has 0 aromatic carbocycles. The maximum atomic E-state index is 11.7. The van der Waals surface area contributed by atoms with Gasteiger partial charge < -0.3 is 19.3 Å². The Balaban J connectivity index is 1.48. The second-order valence-electron chi connectivity index (χ2n) is 11.4. The molecule has 2 atom stereocenters. The lowest BCUT2D eigenvalue weighted by atomic mass is 9.80. The van der Waals surface area contributed by atoms with Gasteiger partial charge in [0, 0.05) is 36.7 Å². The van der Waals surface area contributed by atoms with E-state index in [0.29, 0.717) is 29.3 Å². The van der Waals surface area contributed by atoms with Crippen molar-refractivity contribution >= 4 is 34.7 Å². The molecule has 3 aliphatic rings. The van der Waals surface area contributed by atoms with E-state index in [1.807, 2.05) is 11.8 Å². The number of hydrogen-bond acceptors (Lipinski definition) is 9. The van der Waals surface area contributed by atoms with E-state index >= 15 is 0 Å². The first-order valence-corrected chi connectivity index (χ1v) is 15.1. The van der Waals surface area contributed by atoms with Gasteiger partial charge >= 0.3 is 5.76 Å². The number of rotatable bonds is 7. The SMILES string of the molecule is CC1CSCCN1c1nc2nc(-c3nc(=O)o[nH]3)nc(N[C@H](C)C3CCC3)c2n1C[C@H]1CC[C@H](C)CC1. The Kier molecular flexibility index (Phi) is 6.89. The molecule has 200 valence electrons. The Bertz CT molecular complexity index is 1290. The van der Waals surface area contributed by atoms with E-state index in [1.54, 1.807) is 0 Å². The van der Waals surface area contributed by atoms with Crippen LogP contribution in [0.2, 0.25) is 0 Å². The summed E-state index contributed by atoms with van der Waals surface area (Å²) in [5.74, 6) is 5.86. The number of aromatic nitrogens is 6. The lowest BCUT2D eigenvalue weighted by Gasteiger charge is -2.35. The van der Waals surface area contributed by atoms with Gasteiger partial charge in [-0.2, -0.15) is 21.9 Å². The van der Waals surface area contributed by atoms with Gasteiger partial charge in [0.1, 0.15) is 5.52 Å². The third kappa shape index (κ3) is 4.98. The molecular weight excluding hydrogens is 488 g/mol. The van der Waals surface area contributed by atoms with Crippen LogP contribution in [0.3, 0.4) is 0 Å². The summed E-state index contributed by atoms with van der Waals surface area (Å²) in [5.41, 5.74) is 1.60. The van der Waals surface area contributed by atoms with Crippen molar-refractivity contribution in [3.8, 4) is 11.6 Å². The molecule has 2 N–H and O–H groups in total. The first kappa shape index (κ1) is 24.8. The fourth-order valence-electron chi connectivity index (χ4n) is 6.02. The summed E-state index contributed by atoms with van der Waals surface area (Å²) in [6.07, 6.45) is 8.81. The van der Waals surface area contributed by atoms with E-state index in [2.05, 4.69) is 45.7 Å². The van der Waals surface area contributed by atoms with Crippen LogP contribution in [0.25, 0.3) is 22.8 Å². The highest BCUT2D eigenvalue weighted by Gasteiger charge is 2.31. The van der Waals surface area contributed by atoms with Crippen molar-refractivity contribution in [2.45, 2.75) is 84.3 Å². The van der Waals surface area contributed by atoms with Crippen LogP contribution in [-0.4, -0.2) is 59.8 Å². The van der Waals surface area contributed by atoms with E-state index in [1.165, 1.54) is 44.9 Å². The van der Waals surface area contributed by atoms with Crippen LogP contribution >= 0.6 is 11.8 Å². The molecule has 3 aromatic heterocycles. The fourth-order valence-corrected chi connectivity index (χ4v) is 7.03. The number of H-pyrrole nitrogens is 1. The second-order valence-corrected chi connectivity index (χ2v) is 12.5. The number of imidazole rings is 1. The Labute approximate surface area is 221 Å². The number of nitrogens with zero attached hydrogens (tertiary/aromatic N) is 6. The van der Waals surface area contributed by atoms with Gasteiger partial charge in [-0.1, -0.05) is 26.2 Å². The highest BCUT2D eigenvalue weighted by atomic mass is 32.2. The Morgan fingerprint density at radius 3 is 2.59 bits per heavy atom. The zero-order valence-corrected chi connectivity index (χ0v) is 22.9. The van der Waals surface area contributed by atoms with E-state index in [0.717, 1.165) is 47.8 Å². The topological polar surface area (TPSA) is 118 Å². The molecule has 0 bridgehead atoms. The fraction of sp³-hybridized carbons (Fsp3) is 0.731. The molecule has 11 heteroatoms. The molecule has 3 aromatic rings. The molecule has 2 saturated carbocycles. The molecule has 2 aliphatic carbocycles. The largest absolute Gasteiger partial charge is 0.460 e. The van der Waals surface area contributed by atoms with Gasteiger partial charge in [0.25, 0.3) is 0 Å². The Morgan fingerprint density at radius 2 is 1.92 bits per heavy atom. The molecule has 4 heterocycles. The van der Waals surface area contributed by atoms with Crippen LogP contribution in [0.15, 0.2) is 9.32 Å². The number of aromatic amines is 1. The van der Waals surface area contributed by atoms with Crippen molar-refractivity contribution in [3.63, 3.8) is 0 Å². The van der Waals surface area contributed by atoms with Crippen LogP contribution in [-0.2, 0) is 6.54 Å². The number of anilines is 2. The molecule has 1 saturated heterocycles. The van der Waals surface area contributed by atoms with Crippen molar-refractivity contribution in [1.29, 1.82) is 0 Å². The zero-order valence-electron chi connectivity index (χ0n) is 22.1. The molecule has 0 amide bonds. The Hall–Kier alpha value is -2.56. The molecule has 0 spiro atoms. The van der Waals surface area contributed by atoms with Crippen molar-refractivity contribution in [1.82, 2.24) is 29.7 Å². The second kappa shape index (κ2) is 10.3. The molecular formula is C26H38N8O2S. The Morgan fingerprint density at radius 1 is 1.11 bits per heavy atom. The lowest BCUT2D eigenvalue weighted by Crippen LogP contribution is -2.42. The molecule has 37 heavy (non-hydrogen) atoms. The minimum atomic E-state index is -0.687. The van der Waals surface area contributed by atoms with Crippen molar-refractivity contribution in [2.75, 3.05) is 28.3 Å². The van der Waals surface area contributed by atoms with E-state index in [-0.39, 0.29) is 11.9 Å². The van der Waals surface area contributed by atoms with Crippen molar-refractivity contribution < 1.29 is 4.52 Å². The van der Waals surface area contributed by atoms with Crippen LogP contribution in [0.5, 0.6) is 0 Å². The summed E-state index contributed by atoms with van der Waals surface area (Å²) in [4.78, 5) is 32.9. The third-order valence-corrected chi connectivity index (χ3v) is 9.84. The van der Waals surface area contributed by atoms with E-state index in [9.17, 15) is 4.79 Å². The normalized spacial score (nSPS) is 25.8. The van der Waals surface area contributed by atoms with Gasteiger partial charge in [0.2, 0.25) is 17.6 Å². The summed E-state index contributed by atoms with van der Waals surface area (Å²) in [7, 11) is 0. The molecule has 6 rings (SSSR count). The van der Waals surface area contributed by atoms with Crippen molar-refractivity contribution in [2.24, 2.45) is 17.8 Å².